The molecular weight excluding hydrogens is 294 g/mol. The summed E-state index contributed by atoms with van der Waals surface area (Å²) in [7, 11) is -3.43. The number of halogens is 2. The van der Waals surface area contributed by atoms with Crippen LogP contribution in [-0.2, 0) is 9.84 Å². The molecule has 7 heteroatoms. The van der Waals surface area contributed by atoms with Crippen LogP contribution in [0.4, 0.5) is 5.69 Å². The summed E-state index contributed by atoms with van der Waals surface area (Å²) in [4.78, 5) is 10.2. The first-order valence-electron chi connectivity index (χ1n) is 3.38. The Kier molecular flexibility index (Phi) is 3.28. The Morgan fingerprint density at radius 2 is 2.00 bits per heavy atom. The number of hydrogen-bond donors (Lipinski definition) is 0. The number of rotatable bonds is 2. The van der Waals surface area contributed by atoms with E-state index in [9.17, 15) is 13.3 Å². The topological polar surface area (TPSA) is 63.6 Å². The zero-order valence-corrected chi connectivity index (χ0v) is 10.1. The van der Waals surface area contributed by atoms with Crippen LogP contribution in [0.25, 0.3) is 0 Å². The van der Waals surface area contributed by atoms with Gasteiger partial charge in [-0.1, -0.05) is 11.6 Å². The normalized spacial score (nSPS) is 11.4. The van der Waals surface area contributed by atoms with E-state index in [4.69, 9.17) is 11.6 Å². The molecule has 0 aliphatic rings. The fourth-order valence-electron chi connectivity index (χ4n) is 0.872. The molecule has 0 amide bonds. The highest BCUT2D eigenvalue weighted by Gasteiger charge is 2.15. The maximum Gasteiger partial charge on any atom is 0.177 e. The monoisotopic (exact) mass is 297 g/mol. The third-order valence-corrected chi connectivity index (χ3v) is 3.70. The number of benzene rings is 1. The third kappa shape index (κ3) is 2.31. The van der Waals surface area contributed by atoms with E-state index in [1.165, 1.54) is 6.07 Å². The fourth-order valence-corrected chi connectivity index (χ4v) is 2.74. The van der Waals surface area contributed by atoms with E-state index in [0.29, 0.717) is 4.47 Å². The van der Waals surface area contributed by atoms with Crippen molar-refractivity contribution >= 4 is 43.1 Å². The highest BCUT2D eigenvalue weighted by molar-refractivity contribution is 9.10. The molecule has 0 unspecified atom stereocenters. The Hall–Kier alpha value is -0.460. The molecule has 0 spiro atoms. The Bertz CT molecular complexity index is 486. The molecule has 0 aromatic heterocycles. The molecule has 0 bridgehead atoms. The molecule has 0 aliphatic carbocycles. The average molecular weight is 299 g/mol. The van der Waals surface area contributed by atoms with Gasteiger partial charge in [0.25, 0.3) is 0 Å². The first-order valence-corrected chi connectivity index (χ1v) is 6.45. The van der Waals surface area contributed by atoms with Crippen LogP contribution in [0.3, 0.4) is 0 Å². The maximum absolute atomic E-state index is 11.2. The second kappa shape index (κ2) is 3.96. The number of nitroso groups, excluding NO2 is 1. The first kappa shape index (κ1) is 11.6. The summed E-state index contributed by atoms with van der Waals surface area (Å²) in [6.07, 6.45) is 1.01. The van der Waals surface area contributed by atoms with Crippen molar-refractivity contribution < 1.29 is 8.42 Å². The van der Waals surface area contributed by atoms with E-state index in [-0.39, 0.29) is 15.6 Å². The lowest BCUT2D eigenvalue weighted by atomic mass is 10.3. The molecule has 0 N–H and O–H groups in total. The summed E-state index contributed by atoms with van der Waals surface area (Å²) in [5.41, 5.74) is 0.00910. The summed E-state index contributed by atoms with van der Waals surface area (Å²) < 4.78 is 22.7. The Balaban J connectivity index is 3.55. The second-order valence-corrected chi connectivity index (χ2v) is 5.84. The van der Waals surface area contributed by atoms with Crippen molar-refractivity contribution in [2.24, 2.45) is 5.18 Å². The van der Waals surface area contributed by atoms with Crippen LogP contribution in [0.15, 0.2) is 26.7 Å². The molecule has 4 nitrogen and oxygen atoms in total. The lowest BCUT2D eigenvalue weighted by Gasteiger charge is -2.03. The minimum atomic E-state index is -3.43. The van der Waals surface area contributed by atoms with Gasteiger partial charge >= 0.3 is 0 Å². The molecular formula is C7H5BrClNO3S. The van der Waals surface area contributed by atoms with Gasteiger partial charge in [-0.05, 0) is 33.2 Å². The standard InChI is InChI=1S/C7H5BrClNO3S/c1-14(12,13)7-3-6(10-11)4(8)2-5(7)9/h2-3H,1H3. The average Bonchev–Trinajstić information content (AvgIpc) is 2.02. The molecule has 0 atom stereocenters. The van der Waals surface area contributed by atoms with Gasteiger partial charge in [0.05, 0.1) is 9.92 Å². The summed E-state index contributed by atoms with van der Waals surface area (Å²) in [6, 6.07) is 2.46. The Morgan fingerprint density at radius 1 is 1.43 bits per heavy atom. The van der Waals surface area contributed by atoms with Crippen LogP contribution in [0.2, 0.25) is 5.02 Å². The van der Waals surface area contributed by atoms with Gasteiger partial charge in [0, 0.05) is 10.7 Å². The molecule has 0 heterocycles. The van der Waals surface area contributed by atoms with Crippen molar-refractivity contribution in [1.82, 2.24) is 0 Å². The Labute approximate surface area is 94.3 Å². The number of sulfone groups is 1. The van der Waals surface area contributed by atoms with Gasteiger partial charge in [-0.2, -0.15) is 0 Å². The third-order valence-electron chi connectivity index (χ3n) is 1.50. The number of nitrogens with zero attached hydrogens (tertiary/aromatic N) is 1. The van der Waals surface area contributed by atoms with Gasteiger partial charge < -0.3 is 0 Å². The molecule has 0 fully saturated rings. The molecule has 76 valence electrons. The molecule has 1 aromatic rings. The van der Waals surface area contributed by atoms with E-state index >= 15 is 0 Å². The van der Waals surface area contributed by atoms with Crippen LogP contribution in [0.5, 0.6) is 0 Å². The lowest BCUT2D eigenvalue weighted by Crippen LogP contribution is -1.97. The van der Waals surface area contributed by atoms with E-state index in [1.54, 1.807) is 0 Å². The summed E-state index contributed by atoms with van der Waals surface area (Å²) in [6.45, 7) is 0. The van der Waals surface area contributed by atoms with Crippen molar-refractivity contribution in [3.63, 3.8) is 0 Å². The predicted molar refractivity (Wildman–Crippen MR) is 57.7 cm³/mol. The molecule has 1 rings (SSSR count). The molecule has 0 saturated carbocycles. The van der Waals surface area contributed by atoms with Crippen molar-refractivity contribution in [3.05, 3.63) is 26.5 Å². The fraction of sp³-hybridized carbons (Fsp3) is 0.143. The smallest absolute Gasteiger partial charge is 0.177 e. The maximum atomic E-state index is 11.2. The van der Waals surface area contributed by atoms with Gasteiger partial charge in [0.15, 0.2) is 9.84 Å². The number of hydrogen-bond acceptors (Lipinski definition) is 4. The van der Waals surface area contributed by atoms with Crippen LogP contribution < -0.4 is 0 Å². The van der Waals surface area contributed by atoms with E-state index in [1.807, 2.05) is 0 Å². The highest BCUT2D eigenvalue weighted by Crippen LogP contribution is 2.33. The van der Waals surface area contributed by atoms with E-state index in [0.717, 1.165) is 12.3 Å². The molecule has 0 aliphatic heterocycles. The summed E-state index contributed by atoms with van der Waals surface area (Å²) in [5, 5.41) is 2.73. The van der Waals surface area contributed by atoms with Gasteiger partial charge in [0.2, 0.25) is 0 Å². The van der Waals surface area contributed by atoms with Crippen molar-refractivity contribution in [3.8, 4) is 0 Å². The summed E-state index contributed by atoms with van der Waals surface area (Å²) in [5.74, 6) is 0. The van der Waals surface area contributed by atoms with Crippen LogP contribution >= 0.6 is 27.5 Å². The van der Waals surface area contributed by atoms with Gasteiger partial charge in [-0.3, -0.25) is 0 Å². The second-order valence-electron chi connectivity index (χ2n) is 2.60. The predicted octanol–water partition coefficient (Wildman–Crippen LogP) is 2.90. The SMILES string of the molecule is CS(=O)(=O)c1cc(N=O)c(Br)cc1Cl. The largest absolute Gasteiger partial charge is 0.224 e. The minimum Gasteiger partial charge on any atom is -0.224 e. The highest BCUT2D eigenvalue weighted by atomic mass is 79.9. The van der Waals surface area contributed by atoms with Crippen LogP contribution in [0.1, 0.15) is 0 Å². The van der Waals surface area contributed by atoms with E-state index in [2.05, 4.69) is 21.1 Å². The van der Waals surface area contributed by atoms with Crippen LogP contribution in [-0.4, -0.2) is 14.7 Å². The quantitative estimate of drug-likeness (QED) is 0.789. The molecule has 1 aromatic carbocycles. The Morgan fingerprint density at radius 3 is 2.43 bits per heavy atom. The first-order chi connectivity index (χ1) is 6.36. The molecule has 0 saturated heterocycles. The van der Waals surface area contributed by atoms with Crippen LogP contribution in [0, 0.1) is 4.91 Å². The van der Waals surface area contributed by atoms with Crippen molar-refractivity contribution in [1.29, 1.82) is 0 Å². The van der Waals surface area contributed by atoms with E-state index < -0.39 is 9.84 Å². The van der Waals surface area contributed by atoms with Gasteiger partial charge in [-0.15, -0.1) is 4.91 Å². The van der Waals surface area contributed by atoms with Gasteiger partial charge in [-0.25, -0.2) is 8.42 Å². The zero-order chi connectivity index (χ0) is 10.9. The lowest BCUT2D eigenvalue weighted by molar-refractivity contribution is 0.602. The summed E-state index contributed by atoms with van der Waals surface area (Å²) >= 11 is 8.73. The van der Waals surface area contributed by atoms with Crippen molar-refractivity contribution in [2.75, 3.05) is 6.26 Å². The molecule has 14 heavy (non-hydrogen) atoms. The minimum absolute atomic E-state index is 0.00910. The van der Waals surface area contributed by atoms with Crippen molar-refractivity contribution in [2.45, 2.75) is 4.90 Å². The molecule has 0 radical (unpaired) electrons. The van der Waals surface area contributed by atoms with Gasteiger partial charge in [0.1, 0.15) is 5.69 Å². The zero-order valence-electron chi connectivity index (χ0n) is 6.99.